The third-order valence-electron chi connectivity index (χ3n) is 6.27. The van der Waals surface area contributed by atoms with E-state index in [4.69, 9.17) is 0 Å². The molecule has 0 saturated carbocycles. The zero-order valence-electron chi connectivity index (χ0n) is 15.1. The normalized spacial score (nSPS) is 29.2. The maximum atomic E-state index is 14.3. The Kier molecular flexibility index (Phi) is 3.91. The molecule has 28 heavy (non-hydrogen) atoms. The Balaban J connectivity index is 1.58. The second kappa shape index (κ2) is 6.34. The van der Waals surface area contributed by atoms with Crippen molar-refractivity contribution in [3.05, 3.63) is 66.0 Å². The van der Waals surface area contributed by atoms with Crippen molar-refractivity contribution in [2.45, 2.75) is 24.9 Å². The Hall–Kier alpha value is -2.86. The summed E-state index contributed by atoms with van der Waals surface area (Å²) in [6.07, 6.45) is 1.65. The number of carbonyl (C=O) groups is 3. The van der Waals surface area contributed by atoms with Crippen molar-refractivity contribution in [2.24, 2.45) is 11.8 Å². The highest BCUT2D eigenvalue weighted by Gasteiger charge is 2.64. The Morgan fingerprint density at radius 1 is 0.929 bits per heavy atom. The van der Waals surface area contributed by atoms with Crippen molar-refractivity contribution < 1.29 is 18.8 Å². The molecule has 6 heteroatoms. The number of nitrogens with zero attached hydrogens (tertiary/aromatic N) is 2. The van der Waals surface area contributed by atoms with Gasteiger partial charge in [-0.15, -0.1) is 0 Å². The van der Waals surface area contributed by atoms with Crippen LogP contribution in [0.2, 0.25) is 0 Å². The molecule has 4 atom stereocenters. The van der Waals surface area contributed by atoms with Crippen molar-refractivity contribution in [3.63, 3.8) is 0 Å². The standard InChI is InChI=1S/C22H19FN2O3/c23-14-9-4-5-10-15(14)25-21(27)17-16-11-6-12-24(16)19(18(17)22(25)28)20(26)13-7-2-1-3-8-13/h1-5,7-10,16-19H,6,11-12H2/t16-,17-,18+,19+/m1/s1. The van der Waals surface area contributed by atoms with Crippen LogP contribution in [0, 0.1) is 17.7 Å². The van der Waals surface area contributed by atoms with E-state index in [9.17, 15) is 18.8 Å². The van der Waals surface area contributed by atoms with Crippen LogP contribution in [0.15, 0.2) is 54.6 Å². The van der Waals surface area contributed by atoms with Gasteiger partial charge >= 0.3 is 0 Å². The highest BCUT2D eigenvalue weighted by Crippen LogP contribution is 2.48. The van der Waals surface area contributed by atoms with Crippen LogP contribution in [-0.2, 0) is 9.59 Å². The highest BCUT2D eigenvalue weighted by atomic mass is 19.1. The van der Waals surface area contributed by atoms with Gasteiger partial charge in [0.05, 0.1) is 23.6 Å². The quantitative estimate of drug-likeness (QED) is 0.609. The lowest BCUT2D eigenvalue weighted by Gasteiger charge is -2.27. The Morgan fingerprint density at radius 2 is 1.61 bits per heavy atom. The van der Waals surface area contributed by atoms with Crippen LogP contribution in [-0.4, -0.2) is 41.1 Å². The molecule has 3 aliphatic heterocycles. The van der Waals surface area contributed by atoms with Gasteiger partial charge in [0.2, 0.25) is 11.8 Å². The molecule has 142 valence electrons. The molecule has 2 aromatic carbocycles. The number of hydrogen-bond donors (Lipinski definition) is 0. The van der Waals surface area contributed by atoms with Gasteiger partial charge in [-0.05, 0) is 31.5 Å². The molecule has 2 amide bonds. The van der Waals surface area contributed by atoms with Crippen molar-refractivity contribution in [2.75, 3.05) is 11.4 Å². The average Bonchev–Trinajstić information content (AvgIpc) is 3.35. The summed E-state index contributed by atoms with van der Waals surface area (Å²) in [6.45, 7) is 0.696. The summed E-state index contributed by atoms with van der Waals surface area (Å²) < 4.78 is 14.3. The lowest BCUT2D eigenvalue weighted by atomic mass is 9.85. The maximum absolute atomic E-state index is 14.3. The average molecular weight is 378 g/mol. The third-order valence-corrected chi connectivity index (χ3v) is 6.27. The smallest absolute Gasteiger partial charge is 0.239 e. The molecule has 5 nitrogen and oxygen atoms in total. The minimum Gasteiger partial charge on any atom is -0.292 e. The number of rotatable bonds is 3. The highest BCUT2D eigenvalue weighted by molar-refractivity contribution is 6.24. The van der Waals surface area contributed by atoms with Gasteiger partial charge in [0, 0.05) is 11.6 Å². The van der Waals surface area contributed by atoms with Crippen molar-refractivity contribution in [1.29, 1.82) is 0 Å². The minimum atomic E-state index is -0.759. The van der Waals surface area contributed by atoms with Crippen LogP contribution >= 0.6 is 0 Å². The number of ketones is 1. The summed E-state index contributed by atoms with van der Waals surface area (Å²) in [6, 6.07) is 13.8. The lowest BCUT2D eigenvalue weighted by molar-refractivity contribution is -0.123. The summed E-state index contributed by atoms with van der Waals surface area (Å²) >= 11 is 0. The van der Waals surface area contributed by atoms with Crippen molar-refractivity contribution >= 4 is 23.3 Å². The number of Topliss-reactive ketones (excluding diaryl/α,β-unsaturated/α-hetero) is 1. The van der Waals surface area contributed by atoms with E-state index in [1.54, 1.807) is 30.3 Å². The van der Waals surface area contributed by atoms with Crippen LogP contribution in [0.3, 0.4) is 0 Å². The van der Waals surface area contributed by atoms with Gasteiger partial charge < -0.3 is 0 Å². The summed E-state index contributed by atoms with van der Waals surface area (Å²) in [5.74, 6) is -2.96. The van der Waals surface area contributed by atoms with E-state index < -0.39 is 29.6 Å². The number of halogens is 1. The number of imide groups is 1. The summed E-state index contributed by atoms with van der Waals surface area (Å²) in [5.41, 5.74) is 0.505. The Bertz CT molecular complexity index is 977. The van der Waals surface area contributed by atoms with Crippen molar-refractivity contribution in [3.8, 4) is 0 Å². The van der Waals surface area contributed by atoms with Gasteiger partial charge in [-0.2, -0.15) is 0 Å². The van der Waals surface area contributed by atoms with Crippen LogP contribution in [0.25, 0.3) is 0 Å². The first-order chi connectivity index (χ1) is 13.6. The first-order valence-corrected chi connectivity index (χ1v) is 9.57. The molecule has 0 aliphatic carbocycles. The first-order valence-electron chi connectivity index (χ1n) is 9.57. The molecule has 0 spiro atoms. The van der Waals surface area contributed by atoms with Gasteiger partial charge in [0.15, 0.2) is 5.78 Å². The van der Waals surface area contributed by atoms with Gasteiger partial charge in [0.1, 0.15) is 5.82 Å². The maximum Gasteiger partial charge on any atom is 0.239 e. The Morgan fingerprint density at radius 3 is 2.36 bits per heavy atom. The second-order valence-electron chi connectivity index (χ2n) is 7.64. The van der Waals surface area contributed by atoms with E-state index in [1.807, 2.05) is 11.0 Å². The van der Waals surface area contributed by atoms with Crippen molar-refractivity contribution in [1.82, 2.24) is 4.90 Å². The fourth-order valence-electron chi connectivity index (χ4n) is 5.16. The second-order valence-corrected chi connectivity index (χ2v) is 7.64. The molecule has 3 saturated heterocycles. The molecule has 3 fully saturated rings. The topological polar surface area (TPSA) is 57.7 Å². The molecule has 3 aliphatic rings. The van der Waals surface area contributed by atoms with Gasteiger partial charge in [-0.25, -0.2) is 9.29 Å². The molecule has 0 N–H and O–H groups in total. The molecule has 3 heterocycles. The summed E-state index contributed by atoms with van der Waals surface area (Å²) in [7, 11) is 0. The number of anilines is 1. The SMILES string of the molecule is O=C(c1ccccc1)[C@@H]1[C@H]2C(=O)N(c3ccccc3F)C(=O)[C@@H]2[C@H]2CCCN21. The summed E-state index contributed by atoms with van der Waals surface area (Å²) in [5, 5.41) is 0. The number of fused-ring (bicyclic) bond motifs is 3. The monoisotopic (exact) mass is 378 g/mol. The van der Waals surface area contributed by atoms with Crippen LogP contribution < -0.4 is 4.90 Å². The molecule has 0 bridgehead atoms. The largest absolute Gasteiger partial charge is 0.292 e. The number of amides is 2. The van der Waals surface area contributed by atoms with Crippen LogP contribution in [0.5, 0.6) is 0 Å². The van der Waals surface area contributed by atoms with Gasteiger partial charge in [-0.3, -0.25) is 19.3 Å². The van der Waals surface area contributed by atoms with E-state index in [0.29, 0.717) is 12.1 Å². The van der Waals surface area contributed by atoms with E-state index in [0.717, 1.165) is 17.7 Å². The fourth-order valence-corrected chi connectivity index (χ4v) is 5.16. The minimum absolute atomic E-state index is 0.0256. The molecular formula is C22H19FN2O3. The molecule has 0 aromatic heterocycles. The van der Waals surface area contributed by atoms with E-state index >= 15 is 0 Å². The zero-order chi connectivity index (χ0) is 19.4. The molecule has 0 unspecified atom stereocenters. The van der Waals surface area contributed by atoms with E-state index in [1.165, 1.54) is 18.2 Å². The molecular weight excluding hydrogens is 359 g/mol. The number of benzene rings is 2. The van der Waals surface area contributed by atoms with Crippen LogP contribution in [0.1, 0.15) is 23.2 Å². The fraction of sp³-hybridized carbons (Fsp3) is 0.318. The molecule has 2 aromatic rings. The zero-order valence-corrected chi connectivity index (χ0v) is 15.1. The first kappa shape index (κ1) is 17.3. The predicted octanol–water partition coefficient (Wildman–Crippen LogP) is 2.66. The third kappa shape index (κ3) is 2.31. The molecule has 0 radical (unpaired) electrons. The Labute approximate surface area is 161 Å². The summed E-state index contributed by atoms with van der Waals surface area (Å²) in [4.78, 5) is 42.8. The van der Waals surface area contributed by atoms with Gasteiger partial charge in [-0.1, -0.05) is 42.5 Å². The van der Waals surface area contributed by atoms with Crippen LogP contribution in [0.4, 0.5) is 10.1 Å². The predicted molar refractivity (Wildman–Crippen MR) is 100 cm³/mol. The van der Waals surface area contributed by atoms with E-state index in [2.05, 4.69) is 0 Å². The number of para-hydroxylation sites is 1. The number of carbonyl (C=O) groups excluding carboxylic acids is 3. The van der Waals surface area contributed by atoms with E-state index in [-0.39, 0.29) is 23.4 Å². The molecule has 5 rings (SSSR count). The lowest BCUT2D eigenvalue weighted by Crippen LogP contribution is -2.46. The van der Waals surface area contributed by atoms with Gasteiger partial charge in [0.25, 0.3) is 0 Å². The number of hydrogen-bond acceptors (Lipinski definition) is 4.